The van der Waals surface area contributed by atoms with Gasteiger partial charge in [-0.15, -0.1) is 0 Å². The molecular formula is C18H20ClFN4O. The maximum Gasteiger partial charge on any atom is 0.219 e. The lowest BCUT2D eigenvalue weighted by atomic mass is 10.1. The number of carbonyl (C=O) groups excluding carboxylic acids is 1. The van der Waals surface area contributed by atoms with Crippen molar-refractivity contribution in [1.29, 1.82) is 0 Å². The summed E-state index contributed by atoms with van der Waals surface area (Å²) in [5, 5.41) is 0.128. The highest BCUT2D eigenvalue weighted by Gasteiger charge is 2.21. The quantitative estimate of drug-likeness (QED) is 0.842. The third-order valence-corrected chi connectivity index (χ3v) is 4.86. The van der Waals surface area contributed by atoms with Crippen LogP contribution >= 0.6 is 11.6 Å². The lowest BCUT2D eigenvalue weighted by Gasteiger charge is -2.34. The zero-order valence-electron chi connectivity index (χ0n) is 14.3. The molecule has 1 saturated heterocycles. The van der Waals surface area contributed by atoms with Gasteiger partial charge in [-0.05, 0) is 24.6 Å². The summed E-state index contributed by atoms with van der Waals surface area (Å²) < 4.78 is 14.7. The molecule has 1 amide bonds. The maximum atomic E-state index is 14.7. The number of benzene rings is 1. The van der Waals surface area contributed by atoms with Crippen LogP contribution in [0.25, 0.3) is 11.3 Å². The second-order valence-corrected chi connectivity index (χ2v) is 6.61. The third kappa shape index (κ3) is 3.96. The van der Waals surface area contributed by atoms with Crippen LogP contribution in [0.3, 0.4) is 0 Å². The van der Waals surface area contributed by atoms with Crippen LogP contribution in [0, 0.1) is 12.7 Å². The van der Waals surface area contributed by atoms with Crippen molar-refractivity contribution in [2.75, 3.05) is 26.2 Å². The maximum absolute atomic E-state index is 14.7. The van der Waals surface area contributed by atoms with Gasteiger partial charge in [0, 0.05) is 50.9 Å². The van der Waals surface area contributed by atoms with Gasteiger partial charge in [0.15, 0.2) is 5.82 Å². The Morgan fingerprint density at radius 3 is 2.60 bits per heavy atom. The molecule has 1 fully saturated rings. The van der Waals surface area contributed by atoms with Crippen LogP contribution in [0.5, 0.6) is 0 Å². The van der Waals surface area contributed by atoms with E-state index in [0.717, 1.165) is 24.3 Å². The number of hydrogen-bond acceptors (Lipinski definition) is 4. The van der Waals surface area contributed by atoms with E-state index in [-0.39, 0.29) is 10.9 Å². The SMILES string of the molecule is CC(=O)N1CCN(Cc2ccc(-c3cc(C)ncn3)c(F)c2Cl)CC1. The normalized spacial score (nSPS) is 15.4. The number of halogens is 2. The number of rotatable bonds is 3. The molecule has 0 spiro atoms. The van der Waals surface area contributed by atoms with E-state index in [4.69, 9.17) is 11.6 Å². The Kier molecular flexibility index (Phi) is 5.30. The molecule has 2 heterocycles. The monoisotopic (exact) mass is 362 g/mol. The topological polar surface area (TPSA) is 49.3 Å². The summed E-state index contributed by atoms with van der Waals surface area (Å²) in [6.07, 6.45) is 1.42. The van der Waals surface area contributed by atoms with Crippen LogP contribution in [-0.2, 0) is 11.3 Å². The van der Waals surface area contributed by atoms with Crippen molar-refractivity contribution < 1.29 is 9.18 Å². The summed E-state index contributed by atoms with van der Waals surface area (Å²) in [5.41, 5.74) is 2.41. The second-order valence-electron chi connectivity index (χ2n) is 6.23. The summed E-state index contributed by atoms with van der Waals surface area (Å²) >= 11 is 6.28. The first-order valence-corrected chi connectivity index (χ1v) is 8.57. The highest BCUT2D eigenvalue weighted by atomic mass is 35.5. The van der Waals surface area contributed by atoms with E-state index >= 15 is 0 Å². The van der Waals surface area contributed by atoms with E-state index in [1.807, 2.05) is 17.9 Å². The Hall–Kier alpha value is -2.05. The van der Waals surface area contributed by atoms with Gasteiger partial charge in [0.25, 0.3) is 0 Å². The standard InChI is InChI=1S/C18H20ClFN4O/c1-12-9-16(22-11-21-12)15-4-3-14(17(19)18(15)20)10-23-5-7-24(8-6-23)13(2)25/h3-4,9,11H,5-8,10H2,1-2H3. The van der Waals surface area contributed by atoms with Gasteiger partial charge in [-0.3, -0.25) is 9.69 Å². The average Bonchev–Trinajstić information content (AvgIpc) is 2.59. The molecule has 1 aromatic heterocycles. The van der Waals surface area contributed by atoms with Crippen molar-refractivity contribution in [1.82, 2.24) is 19.8 Å². The van der Waals surface area contributed by atoms with Gasteiger partial charge in [0.05, 0.1) is 10.7 Å². The molecule has 0 unspecified atom stereocenters. The molecule has 0 radical (unpaired) electrons. The zero-order valence-corrected chi connectivity index (χ0v) is 15.1. The number of hydrogen-bond donors (Lipinski definition) is 0. The number of carbonyl (C=O) groups is 1. The fourth-order valence-corrected chi connectivity index (χ4v) is 3.20. The first kappa shape index (κ1) is 17.8. The van der Waals surface area contributed by atoms with Crippen molar-refractivity contribution in [2.24, 2.45) is 0 Å². The molecule has 132 valence electrons. The molecule has 0 aliphatic carbocycles. The minimum Gasteiger partial charge on any atom is -0.340 e. The van der Waals surface area contributed by atoms with Crippen LogP contribution in [0.4, 0.5) is 4.39 Å². The van der Waals surface area contributed by atoms with Gasteiger partial charge in [0.1, 0.15) is 6.33 Å². The Balaban J connectivity index is 1.76. The molecule has 0 N–H and O–H groups in total. The van der Waals surface area contributed by atoms with Crippen molar-refractivity contribution in [3.63, 3.8) is 0 Å². The molecule has 25 heavy (non-hydrogen) atoms. The summed E-state index contributed by atoms with van der Waals surface area (Å²) in [4.78, 5) is 23.5. The summed E-state index contributed by atoms with van der Waals surface area (Å²) in [6.45, 7) is 6.86. The first-order valence-electron chi connectivity index (χ1n) is 8.19. The van der Waals surface area contributed by atoms with E-state index in [1.165, 1.54) is 6.33 Å². The van der Waals surface area contributed by atoms with E-state index in [1.54, 1.807) is 19.1 Å². The lowest BCUT2D eigenvalue weighted by Crippen LogP contribution is -2.47. The van der Waals surface area contributed by atoms with E-state index in [9.17, 15) is 9.18 Å². The van der Waals surface area contributed by atoms with Gasteiger partial charge in [-0.25, -0.2) is 14.4 Å². The fraction of sp³-hybridized carbons (Fsp3) is 0.389. The first-order chi connectivity index (χ1) is 12.0. The number of aryl methyl sites for hydroxylation is 1. The predicted octanol–water partition coefficient (Wildman–Crippen LogP) is 2.91. The summed E-state index contributed by atoms with van der Waals surface area (Å²) in [7, 11) is 0. The van der Waals surface area contributed by atoms with Gasteiger partial charge in [-0.2, -0.15) is 0 Å². The average molecular weight is 363 g/mol. The Bertz CT molecular complexity index is 791. The molecule has 3 rings (SSSR count). The lowest BCUT2D eigenvalue weighted by molar-refractivity contribution is -0.130. The van der Waals surface area contributed by atoms with Crippen LogP contribution in [-0.4, -0.2) is 51.9 Å². The minimum absolute atomic E-state index is 0.0909. The molecule has 1 aliphatic rings. The Labute approximate surface area is 151 Å². The number of nitrogens with zero attached hydrogens (tertiary/aromatic N) is 4. The van der Waals surface area contributed by atoms with Crippen LogP contribution in [0.1, 0.15) is 18.2 Å². The molecular weight excluding hydrogens is 343 g/mol. The summed E-state index contributed by atoms with van der Waals surface area (Å²) in [6, 6.07) is 5.29. The molecule has 1 aliphatic heterocycles. The molecule has 0 saturated carbocycles. The third-order valence-electron chi connectivity index (χ3n) is 4.45. The van der Waals surface area contributed by atoms with Crippen molar-refractivity contribution in [2.45, 2.75) is 20.4 Å². The number of piperazine rings is 1. The summed E-state index contributed by atoms with van der Waals surface area (Å²) in [5.74, 6) is -0.368. The Morgan fingerprint density at radius 1 is 1.24 bits per heavy atom. The molecule has 5 nitrogen and oxygen atoms in total. The van der Waals surface area contributed by atoms with E-state index in [2.05, 4.69) is 14.9 Å². The minimum atomic E-state index is -0.459. The van der Waals surface area contributed by atoms with Gasteiger partial charge < -0.3 is 4.90 Å². The highest BCUT2D eigenvalue weighted by Crippen LogP contribution is 2.30. The number of amides is 1. The van der Waals surface area contributed by atoms with Gasteiger partial charge >= 0.3 is 0 Å². The number of aromatic nitrogens is 2. The highest BCUT2D eigenvalue weighted by molar-refractivity contribution is 6.31. The van der Waals surface area contributed by atoms with Crippen molar-refractivity contribution >= 4 is 17.5 Å². The molecule has 2 aromatic rings. The Morgan fingerprint density at radius 2 is 1.96 bits per heavy atom. The van der Waals surface area contributed by atoms with Crippen LogP contribution < -0.4 is 0 Å². The van der Waals surface area contributed by atoms with Crippen molar-refractivity contribution in [3.05, 3.63) is 46.6 Å². The molecule has 0 atom stereocenters. The molecule has 0 bridgehead atoms. The largest absolute Gasteiger partial charge is 0.340 e. The van der Waals surface area contributed by atoms with Crippen molar-refractivity contribution in [3.8, 4) is 11.3 Å². The second kappa shape index (κ2) is 7.45. The van der Waals surface area contributed by atoms with Crippen LogP contribution in [0.2, 0.25) is 5.02 Å². The molecule has 1 aromatic carbocycles. The van der Waals surface area contributed by atoms with Gasteiger partial charge in [-0.1, -0.05) is 17.7 Å². The van der Waals surface area contributed by atoms with E-state index in [0.29, 0.717) is 30.9 Å². The molecule has 7 heteroatoms. The zero-order chi connectivity index (χ0) is 18.0. The smallest absolute Gasteiger partial charge is 0.219 e. The van der Waals surface area contributed by atoms with Crippen LogP contribution in [0.15, 0.2) is 24.5 Å². The predicted molar refractivity (Wildman–Crippen MR) is 94.7 cm³/mol. The fourth-order valence-electron chi connectivity index (χ4n) is 2.97. The van der Waals surface area contributed by atoms with Gasteiger partial charge in [0.2, 0.25) is 5.91 Å². The van der Waals surface area contributed by atoms with E-state index < -0.39 is 5.82 Å².